The van der Waals surface area contributed by atoms with Gasteiger partial charge >= 0.3 is 0 Å². The fourth-order valence-corrected chi connectivity index (χ4v) is 2.58. The highest BCUT2D eigenvalue weighted by molar-refractivity contribution is 9.10. The van der Waals surface area contributed by atoms with Gasteiger partial charge in [0.05, 0.1) is 0 Å². The lowest BCUT2D eigenvalue weighted by Gasteiger charge is -2.03. The van der Waals surface area contributed by atoms with Crippen LogP contribution in [0, 0.1) is 0 Å². The number of ketones is 1. The molecule has 0 aliphatic carbocycles. The summed E-state index contributed by atoms with van der Waals surface area (Å²) in [5.74, 6) is -0.203. The van der Waals surface area contributed by atoms with E-state index in [9.17, 15) is 4.79 Å². The Labute approximate surface area is 135 Å². The summed E-state index contributed by atoms with van der Waals surface area (Å²) >= 11 is 15.4. The van der Waals surface area contributed by atoms with Gasteiger partial charge in [0.25, 0.3) is 0 Å². The number of carbonyl (C=O) groups is 1. The van der Waals surface area contributed by atoms with E-state index in [-0.39, 0.29) is 5.78 Å². The molecule has 5 heteroatoms. The smallest absolute Gasteiger partial charge is 0.187 e. The fraction of sp³-hybridized carbons (Fsp3) is 0. The molecule has 0 saturated carbocycles. The van der Waals surface area contributed by atoms with E-state index < -0.39 is 0 Å². The molecule has 0 aliphatic rings. The molecule has 2 aromatic rings. The average Bonchev–Trinajstić information content (AvgIpc) is 2.37. The van der Waals surface area contributed by atoms with Gasteiger partial charge in [-0.1, -0.05) is 45.2 Å². The highest BCUT2D eigenvalue weighted by atomic mass is 79.9. The SMILES string of the molecule is Nc1cc(Br)ccc1C(=O)C=Cc1c(Cl)cccc1Cl. The number of nitrogens with two attached hydrogens (primary N) is 1. The summed E-state index contributed by atoms with van der Waals surface area (Å²) in [7, 11) is 0. The number of hydrogen-bond acceptors (Lipinski definition) is 2. The number of halogens is 3. The molecule has 2 nitrogen and oxygen atoms in total. The van der Waals surface area contributed by atoms with Crippen LogP contribution in [0.3, 0.4) is 0 Å². The molecule has 2 N–H and O–H groups in total. The van der Waals surface area contributed by atoms with Crippen LogP contribution in [0.2, 0.25) is 10.0 Å². The van der Waals surface area contributed by atoms with E-state index in [1.807, 2.05) is 0 Å². The lowest BCUT2D eigenvalue weighted by molar-refractivity contribution is 0.104. The zero-order valence-corrected chi connectivity index (χ0v) is 13.3. The lowest BCUT2D eigenvalue weighted by Crippen LogP contribution is -2.00. The summed E-state index contributed by atoms with van der Waals surface area (Å²) in [5.41, 5.74) is 7.28. The van der Waals surface area contributed by atoms with Crippen LogP contribution < -0.4 is 5.73 Å². The number of anilines is 1. The molecule has 0 fully saturated rings. The summed E-state index contributed by atoms with van der Waals surface area (Å²) in [6, 6.07) is 10.3. The largest absolute Gasteiger partial charge is 0.398 e. The van der Waals surface area contributed by atoms with Crippen LogP contribution in [-0.4, -0.2) is 5.78 Å². The minimum atomic E-state index is -0.203. The minimum absolute atomic E-state index is 0.203. The molecule has 20 heavy (non-hydrogen) atoms. The van der Waals surface area contributed by atoms with Crippen molar-refractivity contribution in [3.05, 3.63) is 68.1 Å². The van der Waals surface area contributed by atoms with Crippen LogP contribution in [0.5, 0.6) is 0 Å². The molecule has 0 spiro atoms. The van der Waals surface area contributed by atoms with Crippen LogP contribution in [0.4, 0.5) is 5.69 Å². The first-order valence-corrected chi connectivity index (χ1v) is 7.25. The van der Waals surface area contributed by atoms with Gasteiger partial charge < -0.3 is 5.73 Å². The van der Waals surface area contributed by atoms with Gasteiger partial charge in [-0.2, -0.15) is 0 Å². The lowest BCUT2D eigenvalue weighted by atomic mass is 10.1. The molecule has 0 heterocycles. The topological polar surface area (TPSA) is 43.1 Å². The number of allylic oxidation sites excluding steroid dienone is 1. The molecule has 0 amide bonds. The van der Waals surface area contributed by atoms with Gasteiger partial charge in [-0.25, -0.2) is 0 Å². The van der Waals surface area contributed by atoms with Crippen molar-refractivity contribution in [2.75, 3.05) is 5.73 Å². The van der Waals surface area contributed by atoms with Crippen LogP contribution in [-0.2, 0) is 0 Å². The molecule has 2 aromatic carbocycles. The summed E-state index contributed by atoms with van der Waals surface area (Å²) in [6.07, 6.45) is 3.00. The van der Waals surface area contributed by atoms with Crippen molar-refractivity contribution in [3.63, 3.8) is 0 Å². The van der Waals surface area contributed by atoms with Gasteiger partial charge in [0, 0.05) is 31.3 Å². The minimum Gasteiger partial charge on any atom is -0.398 e. The molecule has 2 rings (SSSR count). The Kier molecular flexibility index (Phi) is 4.86. The van der Waals surface area contributed by atoms with Gasteiger partial charge in [-0.15, -0.1) is 0 Å². The zero-order chi connectivity index (χ0) is 14.7. The molecule has 0 saturated heterocycles. The first-order chi connectivity index (χ1) is 9.49. The molecular weight excluding hydrogens is 361 g/mol. The second-order valence-corrected chi connectivity index (χ2v) is 5.79. The Morgan fingerprint density at radius 1 is 1.15 bits per heavy atom. The summed E-state index contributed by atoms with van der Waals surface area (Å²) in [6.45, 7) is 0. The summed E-state index contributed by atoms with van der Waals surface area (Å²) in [5, 5.41) is 0.982. The van der Waals surface area contributed by atoms with Crippen LogP contribution >= 0.6 is 39.1 Å². The second-order valence-electron chi connectivity index (χ2n) is 4.06. The van der Waals surface area contributed by atoms with Gasteiger partial charge in [-0.05, 0) is 42.5 Å². The third kappa shape index (κ3) is 3.42. The maximum Gasteiger partial charge on any atom is 0.187 e. The molecule has 102 valence electrons. The monoisotopic (exact) mass is 369 g/mol. The second kappa shape index (κ2) is 6.44. The fourth-order valence-electron chi connectivity index (χ4n) is 1.68. The van der Waals surface area contributed by atoms with Crippen LogP contribution in [0.25, 0.3) is 6.08 Å². The van der Waals surface area contributed by atoms with Gasteiger partial charge in [-0.3, -0.25) is 4.79 Å². The van der Waals surface area contributed by atoms with Crippen molar-refractivity contribution in [1.82, 2.24) is 0 Å². The standard InChI is InChI=1S/C15H10BrCl2NO/c16-9-4-5-11(14(19)8-9)15(20)7-6-10-12(17)2-1-3-13(10)18/h1-8H,19H2. The Hall–Kier alpha value is -1.29. The Balaban J connectivity index is 2.30. The van der Waals surface area contributed by atoms with Crippen molar-refractivity contribution in [3.8, 4) is 0 Å². The van der Waals surface area contributed by atoms with E-state index in [2.05, 4.69) is 15.9 Å². The Morgan fingerprint density at radius 2 is 1.80 bits per heavy atom. The maximum atomic E-state index is 12.1. The highest BCUT2D eigenvalue weighted by Gasteiger charge is 2.08. The molecule has 0 bridgehead atoms. The normalized spacial score (nSPS) is 10.9. The number of nitrogen functional groups attached to an aromatic ring is 1. The van der Waals surface area contributed by atoms with Crippen molar-refractivity contribution < 1.29 is 4.79 Å². The average molecular weight is 371 g/mol. The summed E-state index contributed by atoms with van der Waals surface area (Å²) < 4.78 is 0.824. The number of carbonyl (C=O) groups excluding carboxylic acids is 1. The van der Waals surface area contributed by atoms with Gasteiger partial charge in [0.1, 0.15) is 0 Å². The quantitative estimate of drug-likeness (QED) is 0.456. The Morgan fingerprint density at radius 3 is 2.40 bits per heavy atom. The number of hydrogen-bond donors (Lipinski definition) is 1. The van der Waals surface area contributed by atoms with Crippen molar-refractivity contribution in [2.24, 2.45) is 0 Å². The van der Waals surface area contributed by atoms with Crippen LogP contribution in [0.15, 0.2) is 46.9 Å². The Bertz CT molecular complexity index is 678. The van der Waals surface area contributed by atoms with Crippen LogP contribution in [0.1, 0.15) is 15.9 Å². The maximum absolute atomic E-state index is 12.1. The molecule has 0 unspecified atom stereocenters. The van der Waals surface area contributed by atoms with E-state index >= 15 is 0 Å². The molecule has 0 aromatic heterocycles. The predicted octanol–water partition coefficient (Wildman–Crippen LogP) is 5.23. The first kappa shape index (κ1) is 15.1. The number of rotatable bonds is 3. The molecule has 0 aliphatic heterocycles. The summed E-state index contributed by atoms with van der Waals surface area (Å²) in [4.78, 5) is 12.1. The van der Waals surface area contributed by atoms with Crippen molar-refractivity contribution in [2.45, 2.75) is 0 Å². The molecule has 0 atom stereocenters. The van der Waals surface area contributed by atoms with E-state index in [0.717, 1.165) is 4.47 Å². The van der Waals surface area contributed by atoms with E-state index in [4.69, 9.17) is 28.9 Å². The predicted molar refractivity (Wildman–Crippen MR) is 88.4 cm³/mol. The van der Waals surface area contributed by atoms with Crippen molar-refractivity contribution >= 4 is 56.7 Å². The van der Waals surface area contributed by atoms with Gasteiger partial charge in [0.2, 0.25) is 0 Å². The third-order valence-electron chi connectivity index (χ3n) is 2.68. The molecule has 0 radical (unpaired) electrons. The third-order valence-corrected chi connectivity index (χ3v) is 3.83. The van der Waals surface area contributed by atoms with E-state index in [0.29, 0.717) is 26.9 Å². The first-order valence-electron chi connectivity index (χ1n) is 5.70. The number of benzene rings is 2. The van der Waals surface area contributed by atoms with Gasteiger partial charge in [0.15, 0.2) is 5.78 Å². The van der Waals surface area contributed by atoms with E-state index in [1.54, 1.807) is 42.5 Å². The highest BCUT2D eigenvalue weighted by Crippen LogP contribution is 2.26. The van der Waals surface area contributed by atoms with E-state index in [1.165, 1.54) is 6.08 Å². The molecular formula is C15H10BrCl2NO. The van der Waals surface area contributed by atoms with Crippen molar-refractivity contribution in [1.29, 1.82) is 0 Å². The zero-order valence-electron chi connectivity index (χ0n) is 10.2.